The van der Waals surface area contributed by atoms with E-state index in [0.29, 0.717) is 30.0 Å². The van der Waals surface area contributed by atoms with Crippen molar-refractivity contribution in [2.24, 2.45) is 5.73 Å². The monoisotopic (exact) mass is 284 g/mol. The standard InChI is InChI=1S/C11H10BrFN2O/c12-10-2-1-7(13)5-9(10)11-6-8(3-4-14)16-15-11/h1-2,5-6H,3-4,14H2. The number of nitrogens with two attached hydrogens (primary N) is 1. The van der Waals surface area contributed by atoms with Crippen molar-refractivity contribution in [3.8, 4) is 11.3 Å². The lowest BCUT2D eigenvalue weighted by molar-refractivity contribution is 0.386. The zero-order chi connectivity index (χ0) is 11.5. The molecule has 1 aromatic carbocycles. The summed E-state index contributed by atoms with van der Waals surface area (Å²) in [5.74, 6) is 0.398. The Morgan fingerprint density at radius 2 is 2.19 bits per heavy atom. The van der Waals surface area contributed by atoms with Gasteiger partial charge in [0.1, 0.15) is 17.3 Å². The minimum atomic E-state index is -0.304. The second kappa shape index (κ2) is 4.76. The molecule has 0 aliphatic heterocycles. The minimum Gasteiger partial charge on any atom is -0.361 e. The number of rotatable bonds is 3. The van der Waals surface area contributed by atoms with Crippen LogP contribution in [-0.2, 0) is 6.42 Å². The lowest BCUT2D eigenvalue weighted by Gasteiger charge is -1.99. The molecule has 2 N–H and O–H groups in total. The maximum absolute atomic E-state index is 13.1. The summed E-state index contributed by atoms with van der Waals surface area (Å²) in [7, 11) is 0. The lowest BCUT2D eigenvalue weighted by Crippen LogP contribution is -2.01. The molecule has 2 rings (SSSR count). The predicted octanol–water partition coefficient (Wildman–Crippen LogP) is 2.74. The summed E-state index contributed by atoms with van der Waals surface area (Å²) < 4.78 is 18.9. The Morgan fingerprint density at radius 1 is 1.38 bits per heavy atom. The first-order valence-electron chi connectivity index (χ1n) is 4.82. The first-order chi connectivity index (χ1) is 7.70. The van der Waals surface area contributed by atoms with Crippen LogP contribution in [0.3, 0.4) is 0 Å². The smallest absolute Gasteiger partial charge is 0.138 e. The molecule has 16 heavy (non-hydrogen) atoms. The molecule has 1 heterocycles. The number of nitrogens with zero attached hydrogens (tertiary/aromatic N) is 1. The second-order valence-electron chi connectivity index (χ2n) is 3.34. The molecule has 84 valence electrons. The molecular weight excluding hydrogens is 275 g/mol. The van der Waals surface area contributed by atoms with Crippen molar-refractivity contribution in [2.75, 3.05) is 6.54 Å². The molecule has 3 nitrogen and oxygen atoms in total. The second-order valence-corrected chi connectivity index (χ2v) is 4.20. The van der Waals surface area contributed by atoms with Crippen LogP contribution in [0.4, 0.5) is 4.39 Å². The maximum Gasteiger partial charge on any atom is 0.138 e. The molecule has 0 unspecified atom stereocenters. The Labute approximate surface area is 101 Å². The zero-order valence-electron chi connectivity index (χ0n) is 8.41. The van der Waals surface area contributed by atoms with Gasteiger partial charge in [0.15, 0.2) is 0 Å². The average molecular weight is 285 g/mol. The summed E-state index contributed by atoms with van der Waals surface area (Å²) in [6.45, 7) is 0.499. The first-order valence-corrected chi connectivity index (χ1v) is 5.61. The molecule has 0 saturated carbocycles. The maximum atomic E-state index is 13.1. The topological polar surface area (TPSA) is 52.0 Å². The molecule has 0 radical (unpaired) electrons. The van der Waals surface area contributed by atoms with E-state index < -0.39 is 0 Å². The van der Waals surface area contributed by atoms with Crippen LogP contribution in [0.2, 0.25) is 0 Å². The predicted molar refractivity (Wildman–Crippen MR) is 62.4 cm³/mol. The highest BCUT2D eigenvalue weighted by atomic mass is 79.9. The van der Waals surface area contributed by atoms with Crippen LogP contribution in [0.25, 0.3) is 11.3 Å². The van der Waals surface area contributed by atoms with Crippen LogP contribution in [0.15, 0.2) is 33.3 Å². The largest absolute Gasteiger partial charge is 0.361 e. The minimum absolute atomic E-state index is 0.304. The van der Waals surface area contributed by atoms with Crippen molar-refractivity contribution in [2.45, 2.75) is 6.42 Å². The van der Waals surface area contributed by atoms with Gasteiger partial charge in [0.25, 0.3) is 0 Å². The Kier molecular flexibility index (Phi) is 3.36. The number of benzene rings is 1. The third kappa shape index (κ3) is 2.31. The van der Waals surface area contributed by atoms with Crippen LogP contribution >= 0.6 is 15.9 Å². The molecule has 0 spiro atoms. The van der Waals surface area contributed by atoms with Gasteiger partial charge < -0.3 is 10.3 Å². The van der Waals surface area contributed by atoms with Crippen molar-refractivity contribution in [1.82, 2.24) is 5.16 Å². The molecule has 0 bridgehead atoms. The van der Waals surface area contributed by atoms with Crippen molar-refractivity contribution >= 4 is 15.9 Å². The molecule has 0 aliphatic rings. The van der Waals surface area contributed by atoms with Gasteiger partial charge in [-0.2, -0.15) is 0 Å². The summed E-state index contributed by atoms with van der Waals surface area (Å²) in [5, 5.41) is 3.88. The van der Waals surface area contributed by atoms with E-state index >= 15 is 0 Å². The van der Waals surface area contributed by atoms with E-state index in [9.17, 15) is 4.39 Å². The van der Waals surface area contributed by atoms with Gasteiger partial charge in [-0.1, -0.05) is 21.1 Å². The van der Waals surface area contributed by atoms with Crippen LogP contribution in [0, 0.1) is 5.82 Å². The Bertz CT molecular complexity index is 498. The average Bonchev–Trinajstić information content (AvgIpc) is 2.71. The van der Waals surface area contributed by atoms with Crippen LogP contribution in [-0.4, -0.2) is 11.7 Å². The van der Waals surface area contributed by atoms with Gasteiger partial charge in [0.2, 0.25) is 0 Å². The van der Waals surface area contributed by atoms with Gasteiger partial charge in [0.05, 0.1) is 0 Å². The van der Waals surface area contributed by atoms with Crippen molar-refractivity contribution in [3.63, 3.8) is 0 Å². The Hall–Kier alpha value is -1.20. The molecule has 0 atom stereocenters. The fraction of sp³-hybridized carbons (Fsp3) is 0.182. The molecule has 0 saturated heterocycles. The highest BCUT2D eigenvalue weighted by Crippen LogP contribution is 2.28. The van der Waals surface area contributed by atoms with Crippen molar-refractivity contribution < 1.29 is 8.91 Å². The number of halogens is 2. The van der Waals surface area contributed by atoms with E-state index in [-0.39, 0.29) is 5.82 Å². The fourth-order valence-corrected chi connectivity index (χ4v) is 1.84. The molecule has 5 heteroatoms. The van der Waals surface area contributed by atoms with Gasteiger partial charge >= 0.3 is 0 Å². The quantitative estimate of drug-likeness (QED) is 0.943. The highest BCUT2D eigenvalue weighted by Gasteiger charge is 2.10. The third-order valence-electron chi connectivity index (χ3n) is 2.15. The molecule has 2 aromatic rings. The molecule has 1 aromatic heterocycles. The first kappa shape index (κ1) is 11.3. The lowest BCUT2D eigenvalue weighted by atomic mass is 10.1. The molecule has 0 amide bonds. The normalized spacial score (nSPS) is 10.7. The summed E-state index contributed by atoms with van der Waals surface area (Å²) in [4.78, 5) is 0. The Balaban J connectivity index is 2.38. The van der Waals surface area contributed by atoms with E-state index in [1.54, 1.807) is 12.1 Å². The summed E-state index contributed by atoms with van der Waals surface area (Å²) >= 11 is 3.34. The van der Waals surface area contributed by atoms with Gasteiger partial charge in [-0.15, -0.1) is 0 Å². The number of hydrogen-bond donors (Lipinski definition) is 1. The molecular formula is C11H10BrFN2O. The van der Waals surface area contributed by atoms with Crippen LogP contribution < -0.4 is 5.73 Å². The summed E-state index contributed by atoms with van der Waals surface area (Å²) in [5.41, 5.74) is 6.68. The summed E-state index contributed by atoms with van der Waals surface area (Å²) in [6.07, 6.45) is 0.625. The van der Waals surface area contributed by atoms with Gasteiger partial charge in [-0.3, -0.25) is 0 Å². The number of hydrogen-bond acceptors (Lipinski definition) is 3. The third-order valence-corrected chi connectivity index (χ3v) is 2.85. The van der Waals surface area contributed by atoms with E-state index in [4.69, 9.17) is 10.3 Å². The van der Waals surface area contributed by atoms with E-state index in [1.165, 1.54) is 12.1 Å². The zero-order valence-corrected chi connectivity index (χ0v) is 10.00. The van der Waals surface area contributed by atoms with Crippen LogP contribution in [0.5, 0.6) is 0 Å². The van der Waals surface area contributed by atoms with Gasteiger partial charge in [-0.05, 0) is 24.7 Å². The fourth-order valence-electron chi connectivity index (χ4n) is 1.39. The summed E-state index contributed by atoms with van der Waals surface area (Å²) in [6, 6.07) is 6.21. The van der Waals surface area contributed by atoms with Crippen molar-refractivity contribution in [1.29, 1.82) is 0 Å². The molecule has 0 fully saturated rings. The molecule has 0 aliphatic carbocycles. The SMILES string of the molecule is NCCc1cc(-c2cc(F)ccc2Br)no1. The van der Waals surface area contributed by atoms with E-state index in [0.717, 1.165) is 4.47 Å². The van der Waals surface area contributed by atoms with Gasteiger partial charge in [-0.25, -0.2) is 4.39 Å². The Morgan fingerprint density at radius 3 is 2.94 bits per heavy atom. The van der Waals surface area contributed by atoms with Gasteiger partial charge in [0, 0.05) is 22.5 Å². The van der Waals surface area contributed by atoms with E-state index in [2.05, 4.69) is 21.1 Å². The van der Waals surface area contributed by atoms with E-state index in [1.807, 2.05) is 0 Å². The highest BCUT2D eigenvalue weighted by molar-refractivity contribution is 9.10. The van der Waals surface area contributed by atoms with Crippen LogP contribution in [0.1, 0.15) is 5.76 Å². The number of aromatic nitrogens is 1. The van der Waals surface area contributed by atoms with Crippen molar-refractivity contribution in [3.05, 3.63) is 40.3 Å².